The van der Waals surface area contributed by atoms with Crippen molar-refractivity contribution in [2.45, 2.75) is 45.2 Å². The molecule has 2 aliphatic rings. The molecule has 1 amide bonds. The molecule has 122 valence electrons. The molecule has 3 N–H and O–H groups in total. The summed E-state index contributed by atoms with van der Waals surface area (Å²) < 4.78 is 13.6. The van der Waals surface area contributed by atoms with E-state index >= 15 is 0 Å². The van der Waals surface area contributed by atoms with Gasteiger partial charge in [-0.05, 0) is 62.1 Å². The minimum atomic E-state index is -0.231. The Balaban J connectivity index is 0.00000176. The van der Waals surface area contributed by atoms with Crippen molar-refractivity contribution in [1.82, 2.24) is 5.32 Å². The van der Waals surface area contributed by atoms with Crippen molar-refractivity contribution < 1.29 is 9.18 Å². The van der Waals surface area contributed by atoms with Gasteiger partial charge in [-0.2, -0.15) is 0 Å². The number of benzene rings is 1. The molecular formula is C17H24ClFN2O. The number of aryl methyl sites for hydroxylation is 1. The smallest absolute Gasteiger partial charge is 0.225 e. The van der Waals surface area contributed by atoms with E-state index in [2.05, 4.69) is 5.32 Å². The highest BCUT2D eigenvalue weighted by atomic mass is 35.5. The van der Waals surface area contributed by atoms with Crippen LogP contribution in [0.1, 0.15) is 43.4 Å². The summed E-state index contributed by atoms with van der Waals surface area (Å²) in [5, 5.41) is 3.01. The van der Waals surface area contributed by atoms with Crippen molar-refractivity contribution in [3.8, 4) is 0 Å². The number of carbonyl (C=O) groups is 1. The highest BCUT2D eigenvalue weighted by Gasteiger charge is 2.49. The van der Waals surface area contributed by atoms with Crippen LogP contribution in [-0.2, 0) is 4.79 Å². The lowest BCUT2D eigenvalue weighted by molar-refractivity contribution is -0.127. The molecule has 0 spiro atoms. The number of hydrogen-bond donors (Lipinski definition) is 2. The average molecular weight is 327 g/mol. The quantitative estimate of drug-likeness (QED) is 0.896. The Morgan fingerprint density at radius 2 is 2.05 bits per heavy atom. The summed E-state index contributed by atoms with van der Waals surface area (Å²) in [5.41, 5.74) is 7.62. The predicted octanol–water partition coefficient (Wildman–Crippen LogP) is 3.11. The van der Waals surface area contributed by atoms with Crippen molar-refractivity contribution in [1.29, 1.82) is 0 Å². The predicted molar refractivity (Wildman–Crippen MR) is 87.2 cm³/mol. The maximum absolute atomic E-state index is 13.6. The van der Waals surface area contributed by atoms with E-state index in [-0.39, 0.29) is 42.1 Å². The molecule has 5 unspecified atom stereocenters. The molecule has 2 saturated carbocycles. The number of rotatable bonds is 3. The van der Waals surface area contributed by atoms with Gasteiger partial charge in [-0.25, -0.2) is 4.39 Å². The zero-order valence-electron chi connectivity index (χ0n) is 13.0. The Bertz CT molecular complexity index is 564. The molecule has 22 heavy (non-hydrogen) atoms. The molecule has 1 aromatic carbocycles. The van der Waals surface area contributed by atoms with Crippen molar-refractivity contribution >= 4 is 18.3 Å². The fourth-order valence-electron chi connectivity index (χ4n) is 4.00. The molecule has 3 nitrogen and oxygen atoms in total. The van der Waals surface area contributed by atoms with Gasteiger partial charge in [-0.3, -0.25) is 4.79 Å². The van der Waals surface area contributed by atoms with Gasteiger partial charge in [0.25, 0.3) is 0 Å². The molecule has 0 saturated heterocycles. The van der Waals surface area contributed by atoms with Gasteiger partial charge in [0.2, 0.25) is 5.91 Å². The van der Waals surface area contributed by atoms with Crippen LogP contribution in [0, 0.1) is 30.5 Å². The molecule has 0 radical (unpaired) electrons. The summed E-state index contributed by atoms with van der Waals surface area (Å²) in [6.07, 6.45) is 3.37. The molecule has 3 rings (SSSR count). The van der Waals surface area contributed by atoms with Crippen LogP contribution >= 0.6 is 12.4 Å². The van der Waals surface area contributed by atoms with E-state index in [4.69, 9.17) is 5.73 Å². The molecule has 0 heterocycles. The van der Waals surface area contributed by atoms with Crippen LogP contribution in [0.2, 0.25) is 0 Å². The van der Waals surface area contributed by atoms with Crippen LogP contribution in [0.25, 0.3) is 0 Å². The van der Waals surface area contributed by atoms with E-state index in [1.54, 1.807) is 13.0 Å². The summed E-state index contributed by atoms with van der Waals surface area (Å²) in [4.78, 5) is 12.5. The third-order valence-electron chi connectivity index (χ3n) is 5.34. The van der Waals surface area contributed by atoms with Gasteiger partial charge >= 0.3 is 0 Å². The monoisotopic (exact) mass is 326 g/mol. The van der Waals surface area contributed by atoms with E-state index in [0.29, 0.717) is 17.4 Å². The van der Waals surface area contributed by atoms with Gasteiger partial charge in [-0.1, -0.05) is 12.1 Å². The minimum Gasteiger partial charge on any atom is -0.349 e. The normalized spacial score (nSPS) is 30.7. The van der Waals surface area contributed by atoms with Gasteiger partial charge < -0.3 is 11.1 Å². The number of hydrogen-bond acceptors (Lipinski definition) is 2. The maximum atomic E-state index is 13.6. The summed E-state index contributed by atoms with van der Waals surface area (Å²) >= 11 is 0. The first kappa shape index (κ1) is 17.2. The Morgan fingerprint density at radius 3 is 2.64 bits per heavy atom. The third kappa shape index (κ3) is 2.99. The van der Waals surface area contributed by atoms with Crippen molar-refractivity contribution in [3.05, 3.63) is 35.1 Å². The maximum Gasteiger partial charge on any atom is 0.225 e. The minimum absolute atomic E-state index is 0. The number of carbonyl (C=O) groups excluding carboxylic acids is 1. The molecule has 2 fully saturated rings. The SMILES string of the molecule is Cc1ccc(C(C)NC(=O)C2C3CCC(C3)C2N)cc1F.Cl. The fourth-order valence-corrected chi connectivity index (χ4v) is 4.00. The van der Waals surface area contributed by atoms with Gasteiger partial charge in [0.1, 0.15) is 5.82 Å². The first-order valence-corrected chi connectivity index (χ1v) is 7.79. The highest BCUT2D eigenvalue weighted by molar-refractivity contribution is 5.85. The topological polar surface area (TPSA) is 55.1 Å². The van der Waals surface area contributed by atoms with E-state index in [0.717, 1.165) is 24.8 Å². The van der Waals surface area contributed by atoms with E-state index in [1.165, 1.54) is 6.07 Å². The van der Waals surface area contributed by atoms with Crippen LogP contribution < -0.4 is 11.1 Å². The van der Waals surface area contributed by atoms with E-state index < -0.39 is 0 Å². The lowest BCUT2D eigenvalue weighted by Crippen LogP contribution is -2.45. The Labute approximate surface area is 137 Å². The van der Waals surface area contributed by atoms with Crippen molar-refractivity contribution in [2.24, 2.45) is 23.5 Å². The van der Waals surface area contributed by atoms with E-state index in [1.807, 2.05) is 13.0 Å². The number of nitrogens with two attached hydrogens (primary N) is 1. The Morgan fingerprint density at radius 1 is 1.36 bits per heavy atom. The van der Waals surface area contributed by atoms with Gasteiger partial charge in [0.15, 0.2) is 0 Å². The van der Waals surface area contributed by atoms with Crippen LogP contribution in [0.15, 0.2) is 18.2 Å². The lowest BCUT2D eigenvalue weighted by atomic mass is 9.84. The Hall–Kier alpha value is -1.13. The molecule has 1 aromatic rings. The van der Waals surface area contributed by atoms with Crippen molar-refractivity contribution in [3.63, 3.8) is 0 Å². The number of amides is 1. The summed E-state index contributed by atoms with van der Waals surface area (Å²) in [6, 6.07) is 4.91. The molecule has 0 aliphatic heterocycles. The summed E-state index contributed by atoms with van der Waals surface area (Å²) in [5.74, 6) is 0.680. The second-order valence-electron chi connectivity index (χ2n) is 6.68. The van der Waals surface area contributed by atoms with Crippen molar-refractivity contribution in [2.75, 3.05) is 0 Å². The van der Waals surface area contributed by atoms with Crippen LogP contribution in [0.3, 0.4) is 0 Å². The number of fused-ring (bicyclic) bond motifs is 2. The third-order valence-corrected chi connectivity index (χ3v) is 5.34. The molecule has 2 aliphatic carbocycles. The standard InChI is InChI=1S/C17H23FN2O.ClH/c1-9-3-4-11(8-14(9)18)10(2)20-17(21)15-12-5-6-13(7-12)16(15)19;/h3-4,8,10,12-13,15-16H,5-7,19H2,1-2H3,(H,20,21);1H. The van der Waals surface area contributed by atoms with Gasteiger partial charge in [0.05, 0.1) is 12.0 Å². The summed E-state index contributed by atoms with van der Waals surface area (Å²) in [7, 11) is 0. The molecule has 5 heteroatoms. The summed E-state index contributed by atoms with van der Waals surface area (Å²) in [6.45, 7) is 3.62. The van der Waals surface area contributed by atoms with Crippen LogP contribution in [0.5, 0.6) is 0 Å². The second kappa shape index (κ2) is 6.55. The van der Waals surface area contributed by atoms with Crippen LogP contribution in [-0.4, -0.2) is 11.9 Å². The van der Waals surface area contributed by atoms with Gasteiger partial charge in [-0.15, -0.1) is 12.4 Å². The molecule has 5 atom stereocenters. The molecular weight excluding hydrogens is 303 g/mol. The average Bonchev–Trinajstić information content (AvgIpc) is 3.02. The molecule has 2 bridgehead atoms. The first-order chi connectivity index (χ1) is 9.97. The lowest BCUT2D eigenvalue weighted by Gasteiger charge is -2.28. The highest BCUT2D eigenvalue weighted by Crippen LogP contribution is 2.47. The largest absolute Gasteiger partial charge is 0.349 e. The van der Waals surface area contributed by atoms with Gasteiger partial charge in [0, 0.05) is 6.04 Å². The molecule has 0 aromatic heterocycles. The van der Waals surface area contributed by atoms with Crippen LogP contribution in [0.4, 0.5) is 4.39 Å². The van der Waals surface area contributed by atoms with E-state index in [9.17, 15) is 9.18 Å². The first-order valence-electron chi connectivity index (χ1n) is 7.79. The Kier molecular flexibility index (Phi) is 5.13. The second-order valence-corrected chi connectivity index (χ2v) is 6.68. The number of nitrogens with one attached hydrogen (secondary N) is 1. The number of halogens is 2. The zero-order valence-corrected chi connectivity index (χ0v) is 13.8. The fraction of sp³-hybridized carbons (Fsp3) is 0.588. The zero-order chi connectivity index (χ0) is 15.1.